The molecule has 1 aliphatic heterocycles. The first kappa shape index (κ1) is 14.0. The SMILES string of the molecule is O=C(NCCOCC(F)(F)F)NC1CCOC1. The van der Waals surface area contributed by atoms with Gasteiger partial charge in [-0.15, -0.1) is 0 Å². The second kappa shape index (κ2) is 6.65. The summed E-state index contributed by atoms with van der Waals surface area (Å²) in [7, 11) is 0. The van der Waals surface area contributed by atoms with Gasteiger partial charge < -0.3 is 20.1 Å². The molecule has 0 radical (unpaired) electrons. The molecule has 0 aromatic heterocycles. The Kier molecular flexibility index (Phi) is 5.49. The number of nitrogens with one attached hydrogen (secondary N) is 2. The first-order chi connectivity index (χ1) is 7.97. The summed E-state index contributed by atoms with van der Waals surface area (Å²) < 4.78 is 44.4. The third kappa shape index (κ3) is 7.01. The van der Waals surface area contributed by atoms with Crippen molar-refractivity contribution in [2.75, 3.05) is 33.0 Å². The third-order valence-corrected chi connectivity index (χ3v) is 2.06. The molecule has 2 amide bonds. The van der Waals surface area contributed by atoms with Crippen molar-refractivity contribution in [2.45, 2.75) is 18.6 Å². The molecule has 1 aliphatic rings. The summed E-state index contributed by atoms with van der Waals surface area (Å²) in [6.45, 7) is -0.353. The highest BCUT2D eigenvalue weighted by Crippen LogP contribution is 2.13. The summed E-state index contributed by atoms with van der Waals surface area (Å²) in [5, 5.41) is 5.03. The minimum Gasteiger partial charge on any atom is -0.379 e. The van der Waals surface area contributed by atoms with E-state index in [0.717, 1.165) is 6.42 Å². The largest absolute Gasteiger partial charge is 0.411 e. The summed E-state index contributed by atoms with van der Waals surface area (Å²) in [5.41, 5.74) is 0. The molecule has 0 bridgehead atoms. The highest BCUT2D eigenvalue weighted by Gasteiger charge is 2.27. The summed E-state index contributed by atoms with van der Waals surface area (Å²) >= 11 is 0. The highest BCUT2D eigenvalue weighted by atomic mass is 19.4. The van der Waals surface area contributed by atoms with Gasteiger partial charge in [0.2, 0.25) is 0 Å². The van der Waals surface area contributed by atoms with Crippen molar-refractivity contribution in [3.63, 3.8) is 0 Å². The van der Waals surface area contributed by atoms with Gasteiger partial charge in [0.1, 0.15) is 6.61 Å². The van der Waals surface area contributed by atoms with Gasteiger partial charge in [-0.1, -0.05) is 0 Å². The number of carbonyl (C=O) groups is 1. The maximum Gasteiger partial charge on any atom is 0.411 e. The molecule has 1 saturated heterocycles. The Morgan fingerprint density at radius 1 is 1.47 bits per heavy atom. The first-order valence-corrected chi connectivity index (χ1v) is 5.24. The van der Waals surface area contributed by atoms with Gasteiger partial charge in [-0.2, -0.15) is 13.2 Å². The Morgan fingerprint density at radius 2 is 2.24 bits per heavy atom. The van der Waals surface area contributed by atoms with Gasteiger partial charge in [0.15, 0.2) is 0 Å². The summed E-state index contributed by atoms with van der Waals surface area (Å²) in [5.74, 6) is 0. The highest BCUT2D eigenvalue weighted by molar-refractivity contribution is 5.74. The van der Waals surface area contributed by atoms with Gasteiger partial charge in [0.25, 0.3) is 0 Å². The van der Waals surface area contributed by atoms with E-state index in [-0.39, 0.29) is 19.2 Å². The molecular weight excluding hydrogens is 241 g/mol. The van der Waals surface area contributed by atoms with Crippen molar-refractivity contribution in [1.82, 2.24) is 10.6 Å². The lowest BCUT2D eigenvalue weighted by Crippen LogP contribution is -2.43. The molecule has 1 fully saturated rings. The fourth-order valence-corrected chi connectivity index (χ4v) is 1.31. The molecule has 1 unspecified atom stereocenters. The molecule has 0 saturated carbocycles. The van der Waals surface area contributed by atoms with Gasteiger partial charge in [-0.3, -0.25) is 0 Å². The summed E-state index contributed by atoms with van der Waals surface area (Å²) in [6, 6.07) is -0.442. The summed E-state index contributed by atoms with van der Waals surface area (Å²) in [4.78, 5) is 11.2. The molecule has 0 aromatic rings. The quantitative estimate of drug-likeness (QED) is 0.710. The average molecular weight is 256 g/mol. The van der Waals surface area contributed by atoms with Crippen molar-refractivity contribution in [3.8, 4) is 0 Å². The number of amides is 2. The van der Waals surface area contributed by atoms with E-state index in [1.807, 2.05) is 0 Å². The Labute approximate surface area is 96.6 Å². The fraction of sp³-hybridized carbons (Fsp3) is 0.889. The molecule has 0 aromatic carbocycles. The zero-order valence-corrected chi connectivity index (χ0v) is 9.18. The smallest absolute Gasteiger partial charge is 0.379 e. The second-order valence-corrected chi connectivity index (χ2v) is 3.63. The minimum atomic E-state index is -4.33. The van der Waals surface area contributed by atoms with E-state index in [4.69, 9.17) is 4.74 Å². The molecule has 1 heterocycles. The number of hydrogen-bond acceptors (Lipinski definition) is 3. The van der Waals surface area contributed by atoms with Gasteiger partial charge in [0, 0.05) is 13.2 Å². The molecule has 0 spiro atoms. The van der Waals surface area contributed by atoms with Crippen LogP contribution in [0.4, 0.5) is 18.0 Å². The number of alkyl halides is 3. The molecule has 100 valence electrons. The van der Waals surface area contributed by atoms with Crippen molar-refractivity contribution >= 4 is 6.03 Å². The number of urea groups is 1. The molecule has 2 N–H and O–H groups in total. The number of carbonyl (C=O) groups excluding carboxylic acids is 1. The van der Waals surface area contributed by atoms with Crippen LogP contribution in [0.5, 0.6) is 0 Å². The van der Waals surface area contributed by atoms with Crippen LogP contribution < -0.4 is 10.6 Å². The maximum absolute atomic E-state index is 11.7. The van der Waals surface area contributed by atoms with Crippen molar-refractivity contribution in [1.29, 1.82) is 0 Å². The predicted molar refractivity (Wildman–Crippen MR) is 52.6 cm³/mol. The van der Waals surface area contributed by atoms with Gasteiger partial charge >= 0.3 is 12.2 Å². The molecular formula is C9H15F3N2O3. The molecule has 0 aliphatic carbocycles. The van der Waals surface area contributed by atoms with Crippen LogP contribution in [0.1, 0.15) is 6.42 Å². The zero-order valence-electron chi connectivity index (χ0n) is 9.18. The van der Waals surface area contributed by atoms with Gasteiger partial charge in [-0.05, 0) is 6.42 Å². The van der Waals surface area contributed by atoms with Crippen LogP contribution in [0.3, 0.4) is 0 Å². The van der Waals surface area contributed by atoms with E-state index in [9.17, 15) is 18.0 Å². The van der Waals surface area contributed by atoms with E-state index in [0.29, 0.717) is 13.2 Å². The third-order valence-electron chi connectivity index (χ3n) is 2.06. The Bertz CT molecular complexity index is 242. The van der Waals surface area contributed by atoms with Crippen LogP contribution >= 0.6 is 0 Å². The van der Waals surface area contributed by atoms with E-state index >= 15 is 0 Å². The van der Waals surface area contributed by atoms with Crippen LogP contribution in [0.25, 0.3) is 0 Å². The molecule has 1 rings (SSSR count). The fourth-order valence-electron chi connectivity index (χ4n) is 1.31. The molecule has 8 heteroatoms. The molecule has 5 nitrogen and oxygen atoms in total. The normalized spacial score (nSPS) is 20.3. The lowest BCUT2D eigenvalue weighted by atomic mass is 10.3. The van der Waals surface area contributed by atoms with E-state index in [1.54, 1.807) is 0 Å². The van der Waals surface area contributed by atoms with Crippen LogP contribution in [0, 0.1) is 0 Å². The number of hydrogen-bond donors (Lipinski definition) is 2. The van der Waals surface area contributed by atoms with Crippen LogP contribution in [-0.4, -0.2) is 51.2 Å². The van der Waals surface area contributed by atoms with Gasteiger partial charge in [-0.25, -0.2) is 4.79 Å². The standard InChI is InChI=1S/C9H15F3N2O3/c10-9(11,12)6-17-4-2-13-8(15)14-7-1-3-16-5-7/h7H,1-6H2,(H2,13,14,15). The van der Waals surface area contributed by atoms with Gasteiger partial charge in [0.05, 0.1) is 19.3 Å². The average Bonchev–Trinajstić information content (AvgIpc) is 2.68. The molecule has 1 atom stereocenters. The molecule has 17 heavy (non-hydrogen) atoms. The summed E-state index contributed by atoms with van der Waals surface area (Å²) in [6.07, 6.45) is -3.58. The topological polar surface area (TPSA) is 59.6 Å². The lowest BCUT2D eigenvalue weighted by Gasteiger charge is -2.12. The van der Waals surface area contributed by atoms with Crippen LogP contribution in [0.2, 0.25) is 0 Å². The Balaban J connectivity index is 1.96. The minimum absolute atomic E-state index is 0.0221. The monoisotopic (exact) mass is 256 g/mol. The second-order valence-electron chi connectivity index (χ2n) is 3.63. The maximum atomic E-state index is 11.7. The van der Waals surface area contributed by atoms with Crippen molar-refractivity contribution in [2.24, 2.45) is 0 Å². The van der Waals surface area contributed by atoms with Crippen molar-refractivity contribution in [3.05, 3.63) is 0 Å². The van der Waals surface area contributed by atoms with E-state index in [1.165, 1.54) is 0 Å². The predicted octanol–water partition coefficient (Wildman–Crippen LogP) is 0.653. The lowest BCUT2D eigenvalue weighted by molar-refractivity contribution is -0.173. The van der Waals surface area contributed by atoms with Crippen LogP contribution in [0.15, 0.2) is 0 Å². The number of ether oxygens (including phenoxy) is 2. The first-order valence-electron chi connectivity index (χ1n) is 5.24. The number of rotatable bonds is 5. The van der Waals surface area contributed by atoms with Crippen LogP contribution in [-0.2, 0) is 9.47 Å². The van der Waals surface area contributed by atoms with Crippen molar-refractivity contribution < 1.29 is 27.4 Å². The number of halogens is 3. The van der Waals surface area contributed by atoms with E-state index < -0.39 is 18.8 Å². The Hall–Kier alpha value is -1.02. The van der Waals surface area contributed by atoms with E-state index in [2.05, 4.69) is 15.4 Å². The zero-order chi connectivity index (χ0) is 12.7. The Morgan fingerprint density at radius 3 is 2.82 bits per heavy atom.